The van der Waals surface area contributed by atoms with Crippen LogP contribution in [0.5, 0.6) is 5.75 Å². The summed E-state index contributed by atoms with van der Waals surface area (Å²) in [6.45, 7) is 8.68. The predicted molar refractivity (Wildman–Crippen MR) is 115 cm³/mol. The van der Waals surface area contributed by atoms with Crippen LogP contribution in [0.4, 0.5) is 38.5 Å². The van der Waals surface area contributed by atoms with Gasteiger partial charge in [-0.15, -0.1) is 13.2 Å². The fourth-order valence-electron chi connectivity index (χ4n) is 3.59. The van der Waals surface area contributed by atoms with Gasteiger partial charge in [0.15, 0.2) is 11.6 Å². The molecular formula is C22H25F5N4O4. The standard InChI is InChI=1S/C22H25F5N4O4/c1-11(14-7-6-13(8-15(14)23)35-22(25,26)27)29-19-28-9-16(24)18(30-19)31-17(10-33-20(31)32)12(2)34-21(3,4)5/h6-9,11-12,17H,10H2,1-5H3,(H,28,29,30)/t11-,12+,17?/m0/s1. The van der Waals surface area contributed by atoms with Crippen molar-refractivity contribution in [3.05, 3.63) is 41.6 Å². The minimum atomic E-state index is -4.96. The molecule has 0 radical (unpaired) electrons. The Morgan fingerprint density at radius 2 is 1.86 bits per heavy atom. The van der Waals surface area contributed by atoms with Crippen molar-refractivity contribution in [3.63, 3.8) is 0 Å². The van der Waals surface area contributed by atoms with E-state index in [0.29, 0.717) is 6.07 Å². The summed E-state index contributed by atoms with van der Waals surface area (Å²) in [4.78, 5) is 21.3. The van der Waals surface area contributed by atoms with Crippen LogP contribution in [0.1, 0.15) is 46.2 Å². The summed E-state index contributed by atoms with van der Waals surface area (Å²) in [6, 6.07) is 1.16. The maximum atomic E-state index is 14.7. The molecule has 35 heavy (non-hydrogen) atoms. The quantitative estimate of drug-likeness (QED) is 0.509. The van der Waals surface area contributed by atoms with Gasteiger partial charge in [-0.3, -0.25) is 0 Å². The lowest BCUT2D eigenvalue weighted by Crippen LogP contribution is -2.45. The lowest BCUT2D eigenvalue weighted by atomic mass is 10.1. The first kappa shape index (κ1) is 26.4. The molecule has 1 aromatic carbocycles. The molecule has 1 amide bonds. The van der Waals surface area contributed by atoms with E-state index in [-0.39, 0.29) is 23.9 Å². The van der Waals surface area contributed by atoms with E-state index in [1.807, 2.05) is 20.8 Å². The van der Waals surface area contributed by atoms with Crippen molar-refractivity contribution in [2.75, 3.05) is 16.8 Å². The first-order valence-corrected chi connectivity index (χ1v) is 10.6. The molecular weight excluding hydrogens is 479 g/mol. The normalized spacial score (nSPS) is 18.3. The highest BCUT2D eigenvalue weighted by Crippen LogP contribution is 2.31. The molecule has 192 valence electrons. The van der Waals surface area contributed by atoms with Gasteiger partial charge in [-0.25, -0.2) is 23.5 Å². The molecule has 1 aromatic heterocycles. The Labute approximate surface area is 198 Å². The Balaban J connectivity index is 1.82. The van der Waals surface area contributed by atoms with Crippen LogP contribution in [-0.2, 0) is 9.47 Å². The number of benzene rings is 1. The largest absolute Gasteiger partial charge is 0.573 e. The van der Waals surface area contributed by atoms with Crippen molar-refractivity contribution >= 4 is 17.9 Å². The number of cyclic esters (lactones) is 1. The number of halogens is 5. The Morgan fingerprint density at radius 3 is 2.46 bits per heavy atom. The number of amides is 1. The third-order valence-electron chi connectivity index (χ3n) is 4.96. The SMILES string of the molecule is C[C@H](Nc1ncc(F)c(N2C(=O)OCC2[C@@H](C)OC(C)(C)C)n1)c1ccc(OC(F)(F)F)cc1F. The minimum absolute atomic E-state index is 0.0142. The minimum Gasteiger partial charge on any atom is -0.447 e. The van der Waals surface area contributed by atoms with E-state index < -0.39 is 53.6 Å². The Kier molecular flexibility index (Phi) is 7.39. The number of nitrogens with zero attached hydrogens (tertiary/aromatic N) is 3. The molecule has 0 saturated carbocycles. The van der Waals surface area contributed by atoms with Gasteiger partial charge in [0.2, 0.25) is 5.95 Å². The van der Waals surface area contributed by atoms with Crippen LogP contribution in [0.15, 0.2) is 24.4 Å². The van der Waals surface area contributed by atoms with Crippen LogP contribution in [0.2, 0.25) is 0 Å². The highest BCUT2D eigenvalue weighted by atomic mass is 19.4. The molecule has 1 aliphatic rings. The molecule has 13 heteroatoms. The summed E-state index contributed by atoms with van der Waals surface area (Å²) < 4.78 is 80.8. The van der Waals surface area contributed by atoms with Gasteiger partial charge in [-0.05, 0) is 40.7 Å². The van der Waals surface area contributed by atoms with E-state index in [1.165, 1.54) is 6.92 Å². The van der Waals surface area contributed by atoms with Crippen molar-refractivity contribution in [2.45, 2.75) is 64.8 Å². The zero-order valence-corrected chi connectivity index (χ0v) is 19.6. The van der Waals surface area contributed by atoms with E-state index in [9.17, 15) is 26.7 Å². The maximum Gasteiger partial charge on any atom is 0.573 e. The van der Waals surface area contributed by atoms with Gasteiger partial charge in [0.25, 0.3) is 0 Å². The fraction of sp³-hybridized carbons (Fsp3) is 0.500. The summed E-state index contributed by atoms with van der Waals surface area (Å²) in [5, 5.41) is 2.75. The lowest BCUT2D eigenvalue weighted by Gasteiger charge is -2.31. The van der Waals surface area contributed by atoms with Gasteiger partial charge in [0.05, 0.1) is 23.9 Å². The molecule has 2 aromatic rings. The molecule has 3 rings (SSSR count). The number of rotatable bonds is 7. The van der Waals surface area contributed by atoms with Crippen LogP contribution in [0.25, 0.3) is 0 Å². The predicted octanol–water partition coefficient (Wildman–Crippen LogP) is 5.36. The van der Waals surface area contributed by atoms with Gasteiger partial charge in [-0.1, -0.05) is 6.07 Å². The van der Waals surface area contributed by atoms with Crippen molar-refractivity contribution in [2.24, 2.45) is 0 Å². The zero-order chi connectivity index (χ0) is 26.1. The number of ether oxygens (including phenoxy) is 3. The summed E-state index contributed by atoms with van der Waals surface area (Å²) in [5.74, 6) is -3.08. The summed E-state index contributed by atoms with van der Waals surface area (Å²) in [6.07, 6.45) is -5.47. The van der Waals surface area contributed by atoms with Gasteiger partial charge < -0.3 is 19.5 Å². The summed E-state index contributed by atoms with van der Waals surface area (Å²) in [7, 11) is 0. The van der Waals surface area contributed by atoms with E-state index in [0.717, 1.165) is 23.2 Å². The number of alkyl halides is 3. The monoisotopic (exact) mass is 504 g/mol. The van der Waals surface area contributed by atoms with E-state index in [4.69, 9.17) is 9.47 Å². The second kappa shape index (κ2) is 9.80. The van der Waals surface area contributed by atoms with Crippen LogP contribution < -0.4 is 15.0 Å². The number of hydrogen-bond acceptors (Lipinski definition) is 7. The van der Waals surface area contributed by atoms with Crippen LogP contribution in [0, 0.1) is 11.6 Å². The van der Waals surface area contributed by atoms with Crippen molar-refractivity contribution in [1.29, 1.82) is 0 Å². The number of aromatic nitrogens is 2. The molecule has 1 saturated heterocycles. The van der Waals surface area contributed by atoms with Crippen molar-refractivity contribution in [3.8, 4) is 5.75 Å². The van der Waals surface area contributed by atoms with E-state index in [1.54, 1.807) is 6.92 Å². The number of anilines is 2. The molecule has 0 spiro atoms. The molecule has 1 unspecified atom stereocenters. The number of hydrogen-bond donors (Lipinski definition) is 1. The Morgan fingerprint density at radius 1 is 1.17 bits per heavy atom. The molecule has 8 nitrogen and oxygen atoms in total. The zero-order valence-electron chi connectivity index (χ0n) is 19.6. The first-order valence-electron chi connectivity index (χ1n) is 10.6. The molecule has 0 bridgehead atoms. The van der Waals surface area contributed by atoms with Gasteiger partial charge in [0, 0.05) is 11.6 Å². The van der Waals surface area contributed by atoms with Gasteiger partial charge >= 0.3 is 12.5 Å². The smallest absolute Gasteiger partial charge is 0.447 e. The summed E-state index contributed by atoms with van der Waals surface area (Å²) >= 11 is 0. The number of nitrogens with one attached hydrogen (secondary N) is 1. The Bertz CT molecular complexity index is 1080. The lowest BCUT2D eigenvalue weighted by molar-refractivity contribution is -0.274. The highest BCUT2D eigenvalue weighted by molar-refractivity contribution is 5.89. The second-order valence-electron chi connectivity index (χ2n) is 8.91. The molecule has 1 aliphatic heterocycles. The topological polar surface area (TPSA) is 85.8 Å². The third-order valence-corrected chi connectivity index (χ3v) is 4.96. The molecule has 2 heterocycles. The van der Waals surface area contributed by atoms with Crippen molar-refractivity contribution < 1.29 is 41.0 Å². The molecule has 0 aliphatic carbocycles. The van der Waals surface area contributed by atoms with Crippen LogP contribution in [-0.4, -0.2) is 46.8 Å². The third kappa shape index (κ3) is 6.68. The summed E-state index contributed by atoms with van der Waals surface area (Å²) in [5.41, 5.74) is -0.548. The number of carbonyl (C=O) groups excluding carboxylic acids is 1. The van der Waals surface area contributed by atoms with E-state index in [2.05, 4.69) is 20.0 Å². The fourth-order valence-corrected chi connectivity index (χ4v) is 3.59. The average Bonchev–Trinajstić information content (AvgIpc) is 3.08. The van der Waals surface area contributed by atoms with Gasteiger partial charge in [-0.2, -0.15) is 4.98 Å². The second-order valence-corrected chi connectivity index (χ2v) is 8.91. The molecule has 3 atom stereocenters. The highest BCUT2D eigenvalue weighted by Gasteiger charge is 2.42. The van der Waals surface area contributed by atoms with Crippen molar-refractivity contribution in [1.82, 2.24) is 9.97 Å². The van der Waals surface area contributed by atoms with Crippen LogP contribution >= 0.6 is 0 Å². The molecule has 1 fully saturated rings. The van der Waals surface area contributed by atoms with Gasteiger partial charge in [0.1, 0.15) is 24.2 Å². The first-order chi connectivity index (χ1) is 16.1. The Hall–Kier alpha value is -3.22. The maximum absolute atomic E-state index is 14.7. The number of carbonyl (C=O) groups is 1. The van der Waals surface area contributed by atoms with Crippen LogP contribution in [0.3, 0.4) is 0 Å². The average molecular weight is 504 g/mol. The van der Waals surface area contributed by atoms with E-state index >= 15 is 0 Å². The molecule has 1 N–H and O–H groups in total.